The van der Waals surface area contributed by atoms with Gasteiger partial charge in [0.25, 0.3) is 0 Å². The predicted octanol–water partition coefficient (Wildman–Crippen LogP) is 1.68. The second-order valence-corrected chi connectivity index (χ2v) is 5.00. The van der Waals surface area contributed by atoms with E-state index in [2.05, 4.69) is 38.1 Å². The summed E-state index contributed by atoms with van der Waals surface area (Å²) in [5.41, 5.74) is 0.979. The maximum atomic E-state index is 10.9. The number of likely N-dealkylation sites (tertiary alicyclic amines) is 1. The molecule has 16 heavy (non-hydrogen) atoms. The first-order valence-electron chi connectivity index (χ1n) is 5.25. The molecule has 1 aliphatic rings. The standard InChI is InChI=1S/C10H14BrN3O2/c1-14-4-2-3-6(5-14)8-7(11)9(10(15)16)13-12-8/h6H,2-5H2,1H3,(H,12,13)(H,15,16). The minimum absolute atomic E-state index is 0.0724. The Morgan fingerprint density at radius 2 is 2.44 bits per heavy atom. The third kappa shape index (κ3) is 2.12. The van der Waals surface area contributed by atoms with E-state index in [0.29, 0.717) is 10.4 Å². The zero-order valence-electron chi connectivity index (χ0n) is 9.03. The van der Waals surface area contributed by atoms with Crippen molar-refractivity contribution >= 4 is 21.9 Å². The number of halogens is 1. The van der Waals surface area contributed by atoms with Crippen molar-refractivity contribution < 1.29 is 9.90 Å². The number of H-pyrrole nitrogens is 1. The van der Waals surface area contributed by atoms with Gasteiger partial charge in [-0.1, -0.05) is 0 Å². The molecule has 0 aliphatic carbocycles. The van der Waals surface area contributed by atoms with Gasteiger partial charge in [-0.05, 0) is 42.4 Å². The normalized spacial score (nSPS) is 22.2. The van der Waals surface area contributed by atoms with Crippen molar-refractivity contribution in [1.82, 2.24) is 15.1 Å². The zero-order valence-corrected chi connectivity index (χ0v) is 10.6. The summed E-state index contributed by atoms with van der Waals surface area (Å²) in [7, 11) is 2.08. The number of nitrogens with zero attached hydrogens (tertiary/aromatic N) is 2. The van der Waals surface area contributed by atoms with Gasteiger partial charge in [0.15, 0.2) is 5.69 Å². The Balaban J connectivity index is 2.23. The second-order valence-electron chi connectivity index (χ2n) is 4.21. The van der Waals surface area contributed by atoms with Crippen molar-refractivity contribution in [3.05, 3.63) is 15.9 Å². The van der Waals surface area contributed by atoms with E-state index < -0.39 is 5.97 Å². The summed E-state index contributed by atoms with van der Waals surface area (Å²) < 4.78 is 0.598. The maximum absolute atomic E-state index is 10.9. The van der Waals surface area contributed by atoms with E-state index >= 15 is 0 Å². The zero-order chi connectivity index (χ0) is 11.7. The number of likely N-dealkylation sites (N-methyl/N-ethyl adjacent to an activating group) is 1. The Hall–Kier alpha value is -0.880. The van der Waals surface area contributed by atoms with Crippen LogP contribution in [0, 0.1) is 0 Å². The van der Waals surface area contributed by atoms with Crippen LogP contribution in [0.25, 0.3) is 0 Å². The molecule has 88 valence electrons. The van der Waals surface area contributed by atoms with Crippen LogP contribution in [0.1, 0.15) is 34.9 Å². The number of rotatable bonds is 2. The molecule has 0 radical (unpaired) electrons. The molecule has 1 unspecified atom stereocenters. The number of aromatic nitrogens is 2. The smallest absolute Gasteiger partial charge is 0.357 e. The van der Waals surface area contributed by atoms with Crippen molar-refractivity contribution in [2.24, 2.45) is 0 Å². The summed E-state index contributed by atoms with van der Waals surface area (Å²) >= 11 is 3.31. The fourth-order valence-electron chi connectivity index (χ4n) is 2.16. The average molecular weight is 288 g/mol. The van der Waals surface area contributed by atoms with Gasteiger partial charge in [0.2, 0.25) is 0 Å². The van der Waals surface area contributed by atoms with Crippen molar-refractivity contribution in [2.45, 2.75) is 18.8 Å². The minimum Gasteiger partial charge on any atom is -0.476 e. The van der Waals surface area contributed by atoms with Crippen LogP contribution in [-0.2, 0) is 0 Å². The topological polar surface area (TPSA) is 69.2 Å². The van der Waals surface area contributed by atoms with E-state index in [4.69, 9.17) is 5.11 Å². The summed E-state index contributed by atoms with van der Waals surface area (Å²) in [6.45, 7) is 2.05. The molecule has 0 saturated carbocycles. The van der Waals surface area contributed by atoms with E-state index in [1.807, 2.05) is 0 Å². The summed E-state index contributed by atoms with van der Waals surface area (Å²) in [4.78, 5) is 13.1. The molecule has 0 bridgehead atoms. The number of carboxylic acid groups (broad SMARTS) is 1. The molecule has 1 aromatic rings. The molecule has 1 aromatic heterocycles. The fourth-order valence-corrected chi connectivity index (χ4v) is 2.83. The van der Waals surface area contributed by atoms with Crippen LogP contribution >= 0.6 is 15.9 Å². The number of carboxylic acids is 1. The quantitative estimate of drug-likeness (QED) is 0.868. The molecule has 2 N–H and O–H groups in total. The highest BCUT2D eigenvalue weighted by molar-refractivity contribution is 9.10. The van der Waals surface area contributed by atoms with Gasteiger partial charge >= 0.3 is 5.97 Å². The van der Waals surface area contributed by atoms with Gasteiger partial charge in [-0.25, -0.2) is 4.79 Å². The van der Waals surface area contributed by atoms with Crippen LogP contribution in [0.3, 0.4) is 0 Å². The summed E-state index contributed by atoms with van der Waals surface area (Å²) in [5, 5.41) is 15.6. The van der Waals surface area contributed by atoms with Crippen LogP contribution in [0.5, 0.6) is 0 Å². The van der Waals surface area contributed by atoms with Gasteiger partial charge in [-0.3, -0.25) is 5.10 Å². The minimum atomic E-state index is -1.00. The molecule has 0 spiro atoms. The lowest BCUT2D eigenvalue weighted by Crippen LogP contribution is -2.31. The first-order chi connectivity index (χ1) is 7.59. The maximum Gasteiger partial charge on any atom is 0.357 e. The number of aromatic carboxylic acids is 1. The van der Waals surface area contributed by atoms with Crippen molar-refractivity contribution in [1.29, 1.82) is 0 Å². The molecule has 1 fully saturated rings. The first-order valence-corrected chi connectivity index (χ1v) is 6.04. The molecule has 1 aliphatic heterocycles. The summed E-state index contributed by atoms with van der Waals surface area (Å²) in [6, 6.07) is 0. The van der Waals surface area contributed by atoms with Gasteiger partial charge in [0.05, 0.1) is 10.2 Å². The molecule has 5 nitrogen and oxygen atoms in total. The second kappa shape index (κ2) is 4.55. The van der Waals surface area contributed by atoms with Crippen LogP contribution in [0.15, 0.2) is 4.47 Å². The Bertz CT molecular complexity index is 405. The summed E-state index contributed by atoms with van der Waals surface area (Å²) in [6.07, 6.45) is 2.21. The van der Waals surface area contributed by atoms with Crippen LogP contribution < -0.4 is 0 Å². The van der Waals surface area contributed by atoms with Gasteiger partial charge < -0.3 is 10.0 Å². The molecule has 1 saturated heterocycles. The van der Waals surface area contributed by atoms with E-state index in [1.54, 1.807) is 0 Å². The number of piperidine rings is 1. The number of carbonyl (C=O) groups is 1. The SMILES string of the molecule is CN1CCCC(c2[nH]nc(C(=O)O)c2Br)C1. The summed E-state index contributed by atoms with van der Waals surface area (Å²) in [5.74, 6) is -0.660. The van der Waals surface area contributed by atoms with Gasteiger partial charge in [-0.2, -0.15) is 5.10 Å². The van der Waals surface area contributed by atoms with Crippen LogP contribution in [0.4, 0.5) is 0 Å². The van der Waals surface area contributed by atoms with Crippen LogP contribution in [0.2, 0.25) is 0 Å². The number of aromatic amines is 1. The third-order valence-corrected chi connectivity index (χ3v) is 3.77. The Morgan fingerprint density at radius 3 is 3.00 bits per heavy atom. The molecule has 2 heterocycles. The lowest BCUT2D eigenvalue weighted by Gasteiger charge is -2.29. The Kier molecular flexibility index (Phi) is 3.30. The highest BCUT2D eigenvalue weighted by atomic mass is 79.9. The highest BCUT2D eigenvalue weighted by Crippen LogP contribution is 2.31. The van der Waals surface area contributed by atoms with Gasteiger partial charge in [0, 0.05) is 12.5 Å². The van der Waals surface area contributed by atoms with Crippen LogP contribution in [-0.4, -0.2) is 46.3 Å². The largest absolute Gasteiger partial charge is 0.476 e. The van der Waals surface area contributed by atoms with Crippen molar-refractivity contribution in [3.8, 4) is 0 Å². The monoisotopic (exact) mass is 287 g/mol. The Morgan fingerprint density at radius 1 is 1.69 bits per heavy atom. The predicted molar refractivity (Wildman–Crippen MR) is 62.7 cm³/mol. The molecule has 2 rings (SSSR count). The van der Waals surface area contributed by atoms with E-state index in [0.717, 1.165) is 31.6 Å². The highest BCUT2D eigenvalue weighted by Gasteiger charge is 2.25. The Labute approximate surface area is 102 Å². The lowest BCUT2D eigenvalue weighted by atomic mass is 9.95. The first kappa shape index (κ1) is 11.6. The van der Waals surface area contributed by atoms with E-state index in [-0.39, 0.29) is 5.69 Å². The molecule has 1 atom stereocenters. The van der Waals surface area contributed by atoms with E-state index in [9.17, 15) is 4.79 Å². The average Bonchev–Trinajstić information content (AvgIpc) is 2.60. The van der Waals surface area contributed by atoms with Gasteiger partial charge in [-0.15, -0.1) is 0 Å². The van der Waals surface area contributed by atoms with Crippen molar-refractivity contribution in [2.75, 3.05) is 20.1 Å². The molecule has 0 amide bonds. The lowest BCUT2D eigenvalue weighted by molar-refractivity contribution is 0.0689. The number of hydrogen-bond donors (Lipinski definition) is 2. The number of hydrogen-bond acceptors (Lipinski definition) is 3. The molecular formula is C10H14BrN3O2. The number of nitrogens with one attached hydrogen (secondary N) is 1. The molecule has 0 aromatic carbocycles. The van der Waals surface area contributed by atoms with Gasteiger partial charge in [0.1, 0.15) is 0 Å². The molecular weight excluding hydrogens is 274 g/mol. The fraction of sp³-hybridized carbons (Fsp3) is 0.600. The van der Waals surface area contributed by atoms with Crippen molar-refractivity contribution in [3.63, 3.8) is 0 Å². The van der Waals surface area contributed by atoms with E-state index in [1.165, 1.54) is 0 Å². The third-order valence-electron chi connectivity index (χ3n) is 2.97. The molecule has 6 heteroatoms.